The van der Waals surface area contributed by atoms with Gasteiger partial charge in [-0.2, -0.15) is 0 Å². The van der Waals surface area contributed by atoms with Crippen LogP contribution in [0.3, 0.4) is 0 Å². The Kier molecular flexibility index (Phi) is 8.54. The van der Waals surface area contributed by atoms with Crippen LogP contribution in [0.1, 0.15) is 112 Å². The van der Waals surface area contributed by atoms with Gasteiger partial charge in [0, 0.05) is 12.6 Å². The average molecular weight is 502 g/mol. The number of allylic oxidation sites excluding steroid dienone is 1. The van der Waals surface area contributed by atoms with Crippen LogP contribution in [0.2, 0.25) is 0 Å². The third-order valence-electron chi connectivity index (χ3n) is 12.3. The Bertz CT molecular complexity index is 807. The first-order chi connectivity index (χ1) is 17.1. The summed E-state index contributed by atoms with van der Waals surface area (Å²) in [5, 5.41) is 19.1. The third kappa shape index (κ3) is 4.90. The molecule has 0 aromatic rings. The molecule has 0 unspecified atom stereocenters. The molecule has 2 N–H and O–H groups in total. The maximum absolute atomic E-state index is 11.8. The summed E-state index contributed by atoms with van der Waals surface area (Å²) >= 11 is 0. The van der Waals surface area contributed by atoms with E-state index in [0.717, 1.165) is 60.7 Å². The van der Waals surface area contributed by atoms with Gasteiger partial charge in [0.2, 0.25) is 0 Å². The average Bonchev–Trinajstić information content (AvgIpc) is 3.19. The first kappa shape index (κ1) is 28.0. The lowest BCUT2D eigenvalue weighted by atomic mass is 9.46. The maximum Gasteiger partial charge on any atom is 0.407 e. The molecule has 0 heterocycles. The van der Waals surface area contributed by atoms with E-state index >= 15 is 0 Å². The van der Waals surface area contributed by atoms with Crippen LogP contribution in [0.4, 0.5) is 4.79 Å². The number of hydrogen-bond donors (Lipinski definition) is 2. The SMILES string of the molecule is CC[C@H](CC[C@@H](C)[C@H]1CC[C@H]2[C@@H]3CC=C4C[C@@H](N(CCO)C(=O)O)CC[C@]4(C)[C@H]3CC[C@]12C)C(C)C. The summed E-state index contributed by atoms with van der Waals surface area (Å²) in [6.45, 7) is 15.0. The van der Waals surface area contributed by atoms with Gasteiger partial charge in [0.25, 0.3) is 0 Å². The quantitative estimate of drug-likeness (QED) is 0.315. The third-order valence-corrected chi connectivity index (χ3v) is 12.3. The summed E-state index contributed by atoms with van der Waals surface area (Å²) in [7, 11) is 0. The lowest BCUT2D eigenvalue weighted by molar-refractivity contribution is -0.0545. The number of carbonyl (C=O) groups is 1. The van der Waals surface area contributed by atoms with E-state index in [-0.39, 0.29) is 24.6 Å². The normalized spacial score (nSPS) is 39.6. The molecule has 4 rings (SSSR count). The van der Waals surface area contributed by atoms with Crippen LogP contribution in [0.5, 0.6) is 0 Å². The Morgan fingerprint density at radius 3 is 2.47 bits per heavy atom. The molecule has 1 amide bonds. The first-order valence-electron chi connectivity index (χ1n) is 15.4. The Hall–Kier alpha value is -1.03. The summed E-state index contributed by atoms with van der Waals surface area (Å²) in [6, 6.07) is 0.0221. The second-order valence-corrected chi connectivity index (χ2v) is 14.1. The van der Waals surface area contributed by atoms with Gasteiger partial charge in [0.1, 0.15) is 0 Å². The van der Waals surface area contributed by atoms with E-state index in [4.69, 9.17) is 0 Å². The Balaban J connectivity index is 1.46. The lowest BCUT2D eigenvalue weighted by Gasteiger charge is -2.59. The van der Waals surface area contributed by atoms with Gasteiger partial charge in [0.05, 0.1) is 6.61 Å². The van der Waals surface area contributed by atoms with Crippen molar-refractivity contribution < 1.29 is 15.0 Å². The largest absolute Gasteiger partial charge is 0.465 e. The molecule has 0 aromatic carbocycles. The van der Waals surface area contributed by atoms with E-state index in [9.17, 15) is 15.0 Å². The number of rotatable bonds is 9. The van der Waals surface area contributed by atoms with E-state index in [2.05, 4.69) is 47.6 Å². The highest BCUT2D eigenvalue weighted by Gasteiger charge is 2.59. The van der Waals surface area contributed by atoms with Crippen molar-refractivity contribution in [2.24, 2.45) is 52.3 Å². The predicted octanol–water partition coefficient (Wildman–Crippen LogP) is 8.00. The van der Waals surface area contributed by atoms with Crippen LogP contribution in [-0.2, 0) is 0 Å². The van der Waals surface area contributed by atoms with Crippen molar-refractivity contribution in [3.63, 3.8) is 0 Å². The van der Waals surface area contributed by atoms with Crippen molar-refractivity contribution in [1.29, 1.82) is 0 Å². The van der Waals surface area contributed by atoms with E-state index in [1.54, 1.807) is 0 Å². The molecule has 4 aliphatic carbocycles. The van der Waals surface area contributed by atoms with Crippen LogP contribution >= 0.6 is 0 Å². The molecule has 206 valence electrons. The fraction of sp³-hybridized carbons (Fsp3) is 0.906. The summed E-state index contributed by atoms with van der Waals surface area (Å²) in [6.07, 6.45) is 15.4. The molecule has 3 fully saturated rings. The van der Waals surface area contributed by atoms with Gasteiger partial charge in [-0.3, -0.25) is 0 Å². The zero-order valence-electron chi connectivity index (χ0n) is 24.1. The molecule has 4 aliphatic rings. The first-order valence-corrected chi connectivity index (χ1v) is 15.4. The van der Waals surface area contributed by atoms with Gasteiger partial charge in [-0.25, -0.2) is 4.79 Å². The zero-order chi connectivity index (χ0) is 26.3. The number of aliphatic hydroxyl groups excluding tert-OH is 1. The molecular weight excluding hydrogens is 446 g/mol. The number of fused-ring (bicyclic) bond motifs is 5. The minimum Gasteiger partial charge on any atom is -0.465 e. The number of hydrogen-bond acceptors (Lipinski definition) is 2. The van der Waals surface area contributed by atoms with Crippen LogP contribution in [-0.4, -0.2) is 40.4 Å². The van der Waals surface area contributed by atoms with Crippen LogP contribution < -0.4 is 0 Å². The summed E-state index contributed by atoms with van der Waals surface area (Å²) in [4.78, 5) is 13.3. The molecule has 0 aliphatic heterocycles. The van der Waals surface area contributed by atoms with E-state index in [1.807, 2.05) is 0 Å². The number of amides is 1. The highest BCUT2D eigenvalue weighted by molar-refractivity contribution is 5.65. The number of aliphatic hydroxyl groups is 1. The number of nitrogens with zero attached hydrogens (tertiary/aromatic N) is 1. The molecule has 0 aromatic heterocycles. The Morgan fingerprint density at radius 1 is 1.08 bits per heavy atom. The monoisotopic (exact) mass is 501 g/mol. The van der Waals surface area contributed by atoms with E-state index in [0.29, 0.717) is 5.41 Å². The second kappa shape index (κ2) is 11.0. The van der Waals surface area contributed by atoms with Crippen LogP contribution in [0, 0.1) is 52.3 Å². The zero-order valence-corrected chi connectivity index (χ0v) is 24.1. The van der Waals surface area contributed by atoms with Crippen LogP contribution in [0.25, 0.3) is 0 Å². The molecule has 9 atom stereocenters. The van der Waals surface area contributed by atoms with Gasteiger partial charge in [-0.15, -0.1) is 0 Å². The van der Waals surface area contributed by atoms with Gasteiger partial charge in [0.15, 0.2) is 0 Å². The molecule has 4 heteroatoms. The molecule has 0 radical (unpaired) electrons. The van der Waals surface area contributed by atoms with Crippen molar-refractivity contribution in [2.45, 2.75) is 118 Å². The molecule has 0 saturated heterocycles. The minimum absolute atomic E-state index is 0.0221. The van der Waals surface area contributed by atoms with Gasteiger partial charge >= 0.3 is 6.09 Å². The molecule has 36 heavy (non-hydrogen) atoms. The standard InChI is InChI=1S/C32H55NO3/c1-7-23(21(2)3)9-8-22(4)27-12-13-28-26-11-10-24-20-25(33(18-19-34)30(35)36)14-16-31(24,5)29(26)15-17-32(27,28)6/h10,21-23,25-29,34H,7-9,11-20H2,1-6H3,(H,35,36)/t22-,23-,25+,26+,27-,28+,29+,31+,32-/m1/s1. The summed E-state index contributed by atoms with van der Waals surface area (Å²) in [5.74, 6) is 5.80. The van der Waals surface area contributed by atoms with Gasteiger partial charge in [-0.05, 0) is 110 Å². The van der Waals surface area contributed by atoms with Crippen molar-refractivity contribution in [2.75, 3.05) is 13.2 Å². The summed E-state index contributed by atoms with van der Waals surface area (Å²) < 4.78 is 0. The summed E-state index contributed by atoms with van der Waals surface area (Å²) in [5.41, 5.74) is 2.26. The van der Waals surface area contributed by atoms with E-state index in [1.165, 1.54) is 61.8 Å². The Morgan fingerprint density at radius 2 is 1.83 bits per heavy atom. The van der Waals surface area contributed by atoms with Crippen LogP contribution in [0.15, 0.2) is 11.6 Å². The van der Waals surface area contributed by atoms with Crippen molar-refractivity contribution >= 4 is 6.09 Å². The van der Waals surface area contributed by atoms with Crippen molar-refractivity contribution in [1.82, 2.24) is 4.90 Å². The fourth-order valence-electron chi connectivity index (χ4n) is 10.1. The molecule has 3 saturated carbocycles. The van der Waals surface area contributed by atoms with Gasteiger partial charge in [-0.1, -0.05) is 66.0 Å². The lowest BCUT2D eigenvalue weighted by Crippen LogP contribution is -2.53. The van der Waals surface area contributed by atoms with Gasteiger partial charge < -0.3 is 15.1 Å². The highest BCUT2D eigenvalue weighted by Crippen LogP contribution is 2.67. The highest BCUT2D eigenvalue weighted by atomic mass is 16.4. The smallest absolute Gasteiger partial charge is 0.407 e. The number of carboxylic acid groups (broad SMARTS) is 1. The van der Waals surface area contributed by atoms with E-state index < -0.39 is 6.09 Å². The maximum atomic E-state index is 11.8. The minimum atomic E-state index is -0.884. The van der Waals surface area contributed by atoms with Crippen molar-refractivity contribution in [3.05, 3.63) is 11.6 Å². The molecule has 4 nitrogen and oxygen atoms in total. The second-order valence-electron chi connectivity index (χ2n) is 14.1. The Labute approximate surface area is 221 Å². The topological polar surface area (TPSA) is 60.8 Å². The fourth-order valence-corrected chi connectivity index (χ4v) is 10.1. The predicted molar refractivity (Wildman–Crippen MR) is 148 cm³/mol. The van der Waals surface area contributed by atoms with Crippen molar-refractivity contribution in [3.8, 4) is 0 Å². The molecule has 0 spiro atoms. The molecular formula is C32H55NO3. The molecule has 0 bridgehead atoms.